The van der Waals surface area contributed by atoms with Crippen LogP contribution in [-0.4, -0.2) is 22.4 Å². The Hall–Kier alpha value is -1.81. The maximum atomic E-state index is 5.92. The predicted octanol–water partition coefficient (Wildman–Crippen LogP) is 2.97. The topological polar surface area (TPSA) is 39.1 Å². The Kier molecular flexibility index (Phi) is 3.97. The number of aryl methyl sites for hydroxylation is 2. The molecule has 0 saturated heterocycles. The largest absolute Gasteiger partial charge is 0.490 e. The third kappa shape index (κ3) is 3.27. The summed E-state index contributed by atoms with van der Waals surface area (Å²) < 4.78 is 7.79. The molecule has 3 rings (SSSR count). The van der Waals surface area contributed by atoms with Crippen molar-refractivity contribution in [1.29, 1.82) is 0 Å². The van der Waals surface area contributed by atoms with E-state index in [1.807, 2.05) is 17.8 Å². The fraction of sp³-hybridized carbons (Fsp3) is 0.471. The molecule has 1 aromatic heterocycles. The Morgan fingerprint density at radius 2 is 2.24 bits per heavy atom. The van der Waals surface area contributed by atoms with Gasteiger partial charge in [0.1, 0.15) is 5.75 Å². The molecule has 2 aromatic rings. The summed E-state index contributed by atoms with van der Waals surface area (Å²) in [4.78, 5) is 0. The van der Waals surface area contributed by atoms with E-state index in [1.54, 1.807) is 0 Å². The molecule has 1 atom stereocenters. The molecule has 0 spiro atoms. The first-order valence-electron chi connectivity index (χ1n) is 7.67. The molecule has 21 heavy (non-hydrogen) atoms. The van der Waals surface area contributed by atoms with Gasteiger partial charge in [-0.1, -0.05) is 19.1 Å². The van der Waals surface area contributed by atoms with Gasteiger partial charge in [-0.15, -0.1) is 0 Å². The summed E-state index contributed by atoms with van der Waals surface area (Å²) >= 11 is 0. The van der Waals surface area contributed by atoms with Crippen LogP contribution in [0.2, 0.25) is 0 Å². The molecule has 0 bridgehead atoms. The van der Waals surface area contributed by atoms with Gasteiger partial charge in [-0.2, -0.15) is 5.10 Å². The summed E-state index contributed by atoms with van der Waals surface area (Å²) in [5.41, 5.74) is 3.52. The van der Waals surface area contributed by atoms with Gasteiger partial charge >= 0.3 is 0 Å². The highest BCUT2D eigenvalue weighted by Gasteiger charge is 2.24. The fourth-order valence-corrected chi connectivity index (χ4v) is 2.66. The highest BCUT2D eigenvalue weighted by Crippen LogP contribution is 2.30. The van der Waals surface area contributed by atoms with Crippen LogP contribution in [-0.2, 0) is 7.05 Å². The number of hydrogen-bond acceptors (Lipinski definition) is 3. The second-order valence-corrected chi connectivity index (χ2v) is 5.72. The van der Waals surface area contributed by atoms with Gasteiger partial charge in [0.05, 0.1) is 17.8 Å². The van der Waals surface area contributed by atoms with Gasteiger partial charge in [-0.3, -0.25) is 4.68 Å². The number of benzene rings is 1. The molecule has 1 fully saturated rings. The summed E-state index contributed by atoms with van der Waals surface area (Å²) in [7, 11) is 1.96. The summed E-state index contributed by atoms with van der Waals surface area (Å²) in [5.74, 6) is 0.972. The van der Waals surface area contributed by atoms with Crippen LogP contribution >= 0.6 is 0 Å². The Bertz CT molecular complexity index is 616. The molecular formula is C17H23N3O. The first-order valence-corrected chi connectivity index (χ1v) is 7.67. The molecule has 1 saturated carbocycles. The van der Waals surface area contributed by atoms with Crippen LogP contribution in [0.5, 0.6) is 5.75 Å². The van der Waals surface area contributed by atoms with E-state index in [0.29, 0.717) is 6.10 Å². The van der Waals surface area contributed by atoms with Crippen molar-refractivity contribution in [2.24, 2.45) is 7.05 Å². The van der Waals surface area contributed by atoms with Gasteiger partial charge in [-0.25, -0.2) is 0 Å². The highest BCUT2D eigenvalue weighted by atomic mass is 16.5. The summed E-state index contributed by atoms with van der Waals surface area (Å²) in [6.45, 7) is 5.10. The van der Waals surface area contributed by atoms with Crippen molar-refractivity contribution in [3.8, 4) is 5.75 Å². The molecule has 112 valence electrons. The quantitative estimate of drug-likeness (QED) is 0.887. The number of rotatable bonds is 6. The molecule has 0 aliphatic heterocycles. The minimum atomic E-state index is 0.159. The first kappa shape index (κ1) is 14.1. The molecule has 0 amide bonds. The van der Waals surface area contributed by atoms with Crippen LogP contribution in [0, 0.1) is 6.92 Å². The van der Waals surface area contributed by atoms with Gasteiger partial charge in [0.15, 0.2) is 0 Å². The summed E-state index contributed by atoms with van der Waals surface area (Å²) in [5, 5.41) is 8.02. The third-order valence-electron chi connectivity index (χ3n) is 3.79. The van der Waals surface area contributed by atoms with Gasteiger partial charge < -0.3 is 10.1 Å². The monoisotopic (exact) mass is 285 g/mol. The van der Waals surface area contributed by atoms with Crippen molar-refractivity contribution in [3.63, 3.8) is 0 Å². The summed E-state index contributed by atoms with van der Waals surface area (Å²) in [6.07, 6.45) is 4.89. The van der Waals surface area contributed by atoms with Crippen LogP contribution in [0.1, 0.15) is 42.6 Å². The minimum absolute atomic E-state index is 0.159. The smallest absolute Gasteiger partial charge is 0.120 e. The van der Waals surface area contributed by atoms with Gasteiger partial charge in [0.2, 0.25) is 0 Å². The maximum Gasteiger partial charge on any atom is 0.120 e. The van der Waals surface area contributed by atoms with E-state index in [-0.39, 0.29) is 6.04 Å². The van der Waals surface area contributed by atoms with Crippen molar-refractivity contribution in [1.82, 2.24) is 15.1 Å². The van der Waals surface area contributed by atoms with E-state index in [1.165, 1.54) is 24.0 Å². The Morgan fingerprint density at radius 1 is 1.43 bits per heavy atom. The highest BCUT2D eigenvalue weighted by molar-refractivity contribution is 5.37. The molecule has 4 nitrogen and oxygen atoms in total. The van der Waals surface area contributed by atoms with Crippen LogP contribution in [0.25, 0.3) is 0 Å². The maximum absolute atomic E-state index is 5.92. The standard InChI is InChI=1S/C17H23N3O/c1-4-18-17(16-11-20(3)19-12(16)2)13-6-5-7-15(10-13)21-14-8-9-14/h5-7,10-11,14,17-18H,4,8-9H2,1-3H3. The Balaban J connectivity index is 1.90. The average molecular weight is 285 g/mol. The Labute approximate surface area is 126 Å². The van der Waals surface area contributed by atoms with Crippen molar-refractivity contribution in [2.45, 2.75) is 38.8 Å². The molecule has 1 aliphatic carbocycles. The lowest BCUT2D eigenvalue weighted by Crippen LogP contribution is -2.22. The molecule has 0 radical (unpaired) electrons. The molecule has 1 unspecified atom stereocenters. The van der Waals surface area contributed by atoms with Gasteiger partial charge in [0, 0.05) is 18.8 Å². The van der Waals surface area contributed by atoms with E-state index in [4.69, 9.17) is 4.74 Å². The van der Waals surface area contributed by atoms with E-state index in [2.05, 4.69) is 48.7 Å². The van der Waals surface area contributed by atoms with Gasteiger partial charge in [0.25, 0.3) is 0 Å². The average Bonchev–Trinajstić information content (AvgIpc) is 3.20. The zero-order valence-corrected chi connectivity index (χ0v) is 13.0. The van der Waals surface area contributed by atoms with Crippen LogP contribution in [0.4, 0.5) is 0 Å². The molecule has 1 aliphatic rings. The SMILES string of the molecule is CCNC(c1cccc(OC2CC2)c1)c1cn(C)nc1C. The number of hydrogen-bond donors (Lipinski definition) is 1. The van der Waals surface area contributed by atoms with E-state index >= 15 is 0 Å². The van der Waals surface area contributed by atoms with Crippen molar-refractivity contribution < 1.29 is 4.74 Å². The predicted molar refractivity (Wildman–Crippen MR) is 83.6 cm³/mol. The lowest BCUT2D eigenvalue weighted by molar-refractivity contribution is 0.302. The fourth-order valence-electron chi connectivity index (χ4n) is 2.66. The van der Waals surface area contributed by atoms with Crippen molar-refractivity contribution in [3.05, 3.63) is 47.3 Å². The zero-order chi connectivity index (χ0) is 14.8. The second kappa shape index (κ2) is 5.90. The molecule has 4 heteroatoms. The number of ether oxygens (including phenoxy) is 1. The van der Waals surface area contributed by atoms with Gasteiger partial charge in [-0.05, 0) is 44.0 Å². The Morgan fingerprint density at radius 3 is 2.86 bits per heavy atom. The molecule has 1 heterocycles. The number of nitrogens with zero attached hydrogens (tertiary/aromatic N) is 2. The first-order chi connectivity index (χ1) is 10.2. The third-order valence-corrected chi connectivity index (χ3v) is 3.79. The van der Waals surface area contributed by atoms with Crippen LogP contribution in [0.3, 0.4) is 0 Å². The van der Waals surface area contributed by atoms with Crippen molar-refractivity contribution in [2.75, 3.05) is 6.54 Å². The van der Waals surface area contributed by atoms with E-state index in [9.17, 15) is 0 Å². The lowest BCUT2D eigenvalue weighted by atomic mass is 9.99. The minimum Gasteiger partial charge on any atom is -0.490 e. The zero-order valence-electron chi connectivity index (χ0n) is 13.0. The molecule has 1 aromatic carbocycles. The molecule has 1 N–H and O–H groups in total. The number of aromatic nitrogens is 2. The molecular weight excluding hydrogens is 262 g/mol. The summed E-state index contributed by atoms with van der Waals surface area (Å²) in [6, 6.07) is 8.58. The second-order valence-electron chi connectivity index (χ2n) is 5.72. The van der Waals surface area contributed by atoms with Crippen LogP contribution < -0.4 is 10.1 Å². The number of nitrogens with one attached hydrogen (secondary N) is 1. The van der Waals surface area contributed by atoms with Crippen LogP contribution in [0.15, 0.2) is 30.5 Å². The van der Waals surface area contributed by atoms with E-state index in [0.717, 1.165) is 18.0 Å². The normalized spacial score (nSPS) is 16.0. The lowest BCUT2D eigenvalue weighted by Gasteiger charge is -2.19. The van der Waals surface area contributed by atoms with Crippen molar-refractivity contribution >= 4 is 0 Å². The van der Waals surface area contributed by atoms with E-state index < -0.39 is 0 Å².